The molecule has 1 aliphatic heterocycles. The van der Waals surface area contributed by atoms with Gasteiger partial charge in [-0.2, -0.15) is 0 Å². The SMILES string of the molecule is COC(C)c1ccccc1B1OC(c2ccccc2)C(C)N1C. The van der Waals surface area contributed by atoms with E-state index in [9.17, 15) is 0 Å². The Kier molecular flexibility index (Phi) is 4.86. The highest BCUT2D eigenvalue weighted by Gasteiger charge is 2.43. The molecule has 3 unspecified atom stereocenters. The highest BCUT2D eigenvalue weighted by atomic mass is 16.5. The fourth-order valence-corrected chi connectivity index (χ4v) is 3.30. The van der Waals surface area contributed by atoms with Crippen molar-refractivity contribution in [2.75, 3.05) is 14.2 Å². The van der Waals surface area contributed by atoms with Crippen molar-refractivity contribution in [3.8, 4) is 0 Å². The van der Waals surface area contributed by atoms with Crippen molar-refractivity contribution in [2.45, 2.75) is 32.1 Å². The van der Waals surface area contributed by atoms with Gasteiger partial charge in [0.25, 0.3) is 0 Å². The number of ether oxygens (including phenoxy) is 1. The number of hydrogen-bond donors (Lipinski definition) is 0. The lowest BCUT2D eigenvalue weighted by molar-refractivity contribution is 0.120. The van der Waals surface area contributed by atoms with Gasteiger partial charge in [-0.1, -0.05) is 54.6 Å². The standard InChI is InChI=1S/C19H24BNO2/c1-14-19(16-10-6-5-7-11-16)23-20(21(14)3)18-13-9-8-12-17(18)15(2)22-4/h5-15,19H,1-4H3. The molecule has 1 aliphatic rings. The van der Waals surface area contributed by atoms with Crippen molar-refractivity contribution < 1.29 is 9.39 Å². The lowest BCUT2D eigenvalue weighted by Crippen LogP contribution is -2.46. The summed E-state index contributed by atoms with van der Waals surface area (Å²) in [6.45, 7) is 4.30. The van der Waals surface area contributed by atoms with Gasteiger partial charge in [-0.05, 0) is 37.5 Å². The zero-order valence-corrected chi connectivity index (χ0v) is 14.3. The molecule has 1 saturated heterocycles. The largest absolute Gasteiger partial charge is 0.419 e. The summed E-state index contributed by atoms with van der Waals surface area (Å²) in [5.74, 6) is 0. The Bertz CT molecular complexity index is 649. The molecule has 0 amide bonds. The predicted octanol–water partition coefficient (Wildman–Crippen LogP) is 3.18. The Labute approximate surface area is 139 Å². The molecule has 1 heterocycles. The van der Waals surface area contributed by atoms with Gasteiger partial charge in [0.2, 0.25) is 0 Å². The molecule has 3 nitrogen and oxygen atoms in total. The summed E-state index contributed by atoms with van der Waals surface area (Å²) in [7, 11) is 3.83. The van der Waals surface area contributed by atoms with Gasteiger partial charge in [0.15, 0.2) is 0 Å². The molecule has 0 aliphatic carbocycles. The first kappa shape index (κ1) is 16.3. The minimum Gasteiger partial charge on any atom is -0.409 e. The van der Waals surface area contributed by atoms with E-state index < -0.39 is 0 Å². The van der Waals surface area contributed by atoms with Crippen LogP contribution in [-0.2, 0) is 9.39 Å². The smallest absolute Gasteiger partial charge is 0.409 e. The van der Waals surface area contributed by atoms with Crippen molar-refractivity contribution in [3.63, 3.8) is 0 Å². The van der Waals surface area contributed by atoms with Crippen LogP contribution in [0.1, 0.15) is 37.2 Å². The van der Waals surface area contributed by atoms with Crippen LogP contribution in [-0.4, -0.2) is 32.1 Å². The maximum absolute atomic E-state index is 6.46. The van der Waals surface area contributed by atoms with Crippen LogP contribution in [0.4, 0.5) is 0 Å². The molecule has 23 heavy (non-hydrogen) atoms. The molecular weight excluding hydrogens is 285 g/mol. The number of likely N-dealkylation sites (N-methyl/N-ethyl adjacent to an activating group) is 1. The predicted molar refractivity (Wildman–Crippen MR) is 94.7 cm³/mol. The van der Waals surface area contributed by atoms with E-state index in [1.54, 1.807) is 7.11 Å². The van der Waals surface area contributed by atoms with E-state index in [1.165, 1.54) is 16.6 Å². The summed E-state index contributed by atoms with van der Waals surface area (Å²) in [5, 5.41) is 0. The third-order valence-corrected chi connectivity index (χ3v) is 4.91. The molecule has 1 fully saturated rings. The molecule has 0 N–H and O–H groups in total. The molecule has 3 rings (SSSR count). The van der Waals surface area contributed by atoms with Crippen LogP contribution in [0.25, 0.3) is 0 Å². The average Bonchev–Trinajstić information content (AvgIpc) is 2.90. The Balaban J connectivity index is 1.93. The van der Waals surface area contributed by atoms with Gasteiger partial charge in [-0.15, -0.1) is 0 Å². The fraction of sp³-hybridized carbons (Fsp3) is 0.368. The first-order chi connectivity index (χ1) is 11.1. The molecule has 0 saturated carbocycles. The van der Waals surface area contributed by atoms with Crippen molar-refractivity contribution in [2.24, 2.45) is 0 Å². The van der Waals surface area contributed by atoms with Crippen LogP contribution in [0.3, 0.4) is 0 Å². The van der Waals surface area contributed by atoms with Gasteiger partial charge in [0.1, 0.15) is 0 Å². The Morgan fingerprint density at radius 3 is 2.43 bits per heavy atom. The molecule has 4 heteroatoms. The minimum atomic E-state index is -0.0518. The van der Waals surface area contributed by atoms with Crippen LogP contribution < -0.4 is 5.46 Å². The number of benzene rings is 2. The second-order valence-corrected chi connectivity index (χ2v) is 6.23. The lowest BCUT2D eigenvalue weighted by atomic mass is 9.69. The van der Waals surface area contributed by atoms with E-state index in [-0.39, 0.29) is 19.3 Å². The number of rotatable bonds is 4. The fourth-order valence-electron chi connectivity index (χ4n) is 3.30. The van der Waals surface area contributed by atoms with Gasteiger partial charge >= 0.3 is 7.05 Å². The molecule has 2 aromatic carbocycles. The van der Waals surface area contributed by atoms with Gasteiger partial charge in [-0.25, -0.2) is 0 Å². The number of methoxy groups -OCH3 is 1. The third-order valence-electron chi connectivity index (χ3n) is 4.91. The maximum atomic E-state index is 6.46. The van der Waals surface area contributed by atoms with Gasteiger partial charge in [0.05, 0.1) is 12.2 Å². The molecule has 3 atom stereocenters. The van der Waals surface area contributed by atoms with E-state index in [2.05, 4.69) is 74.2 Å². The number of nitrogens with zero attached hydrogens (tertiary/aromatic N) is 1. The first-order valence-electron chi connectivity index (χ1n) is 8.17. The Hall–Kier alpha value is -1.62. The normalized spacial score (nSPS) is 23.2. The molecule has 0 bridgehead atoms. The summed E-state index contributed by atoms with van der Waals surface area (Å²) < 4.78 is 12.0. The summed E-state index contributed by atoms with van der Waals surface area (Å²) in [5.41, 5.74) is 3.61. The zero-order valence-electron chi connectivity index (χ0n) is 14.3. The lowest BCUT2D eigenvalue weighted by Gasteiger charge is -2.22. The van der Waals surface area contributed by atoms with E-state index in [4.69, 9.17) is 9.39 Å². The number of hydrogen-bond acceptors (Lipinski definition) is 3. The van der Waals surface area contributed by atoms with Gasteiger partial charge in [0, 0.05) is 13.2 Å². The Morgan fingerprint density at radius 1 is 1.09 bits per heavy atom. The molecule has 0 spiro atoms. The highest BCUT2D eigenvalue weighted by Crippen LogP contribution is 2.32. The Morgan fingerprint density at radius 2 is 1.74 bits per heavy atom. The maximum Gasteiger partial charge on any atom is 0.419 e. The van der Waals surface area contributed by atoms with Crippen LogP contribution in [0, 0.1) is 0 Å². The van der Waals surface area contributed by atoms with E-state index in [0.717, 1.165) is 0 Å². The third kappa shape index (κ3) is 3.07. The van der Waals surface area contributed by atoms with Crippen molar-refractivity contribution in [1.29, 1.82) is 0 Å². The second kappa shape index (κ2) is 6.87. The molecular formula is C19H24BNO2. The van der Waals surface area contributed by atoms with Crippen LogP contribution >= 0.6 is 0 Å². The summed E-state index contributed by atoms with van der Waals surface area (Å²) in [6.07, 6.45) is 0.131. The second-order valence-electron chi connectivity index (χ2n) is 6.23. The van der Waals surface area contributed by atoms with Crippen molar-refractivity contribution >= 4 is 12.5 Å². The first-order valence-corrected chi connectivity index (χ1v) is 8.17. The quantitative estimate of drug-likeness (QED) is 0.810. The zero-order chi connectivity index (χ0) is 16.4. The minimum absolute atomic E-state index is 0.0503. The van der Waals surface area contributed by atoms with E-state index in [1.807, 2.05) is 6.07 Å². The average molecular weight is 309 g/mol. The molecule has 0 aromatic heterocycles. The van der Waals surface area contributed by atoms with Gasteiger partial charge in [-0.3, -0.25) is 0 Å². The van der Waals surface area contributed by atoms with Crippen LogP contribution in [0.5, 0.6) is 0 Å². The molecule has 120 valence electrons. The monoisotopic (exact) mass is 309 g/mol. The van der Waals surface area contributed by atoms with Gasteiger partial charge < -0.3 is 14.2 Å². The summed E-state index contributed by atoms with van der Waals surface area (Å²) >= 11 is 0. The van der Waals surface area contributed by atoms with E-state index >= 15 is 0 Å². The van der Waals surface area contributed by atoms with Crippen LogP contribution in [0.15, 0.2) is 54.6 Å². The molecule has 2 aromatic rings. The van der Waals surface area contributed by atoms with Crippen molar-refractivity contribution in [1.82, 2.24) is 4.81 Å². The van der Waals surface area contributed by atoms with Crippen LogP contribution in [0.2, 0.25) is 0 Å². The topological polar surface area (TPSA) is 21.7 Å². The summed E-state index contributed by atoms with van der Waals surface area (Å²) in [6, 6.07) is 19.2. The highest BCUT2D eigenvalue weighted by molar-refractivity contribution is 6.65. The van der Waals surface area contributed by atoms with Crippen molar-refractivity contribution in [3.05, 3.63) is 65.7 Å². The summed E-state index contributed by atoms with van der Waals surface area (Å²) in [4.78, 5) is 2.30. The molecule has 0 radical (unpaired) electrons. The van der Waals surface area contributed by atoms with E-state index in [0.29, 0.717) is 6.04 Å².